The molecule has 0 aliphatic heterocycles. The summed E-state index contributed by atoms with van der Waals surface area (Å²) < 4.78 is 12.4. The van der Waals surface area contributed by atoms with Gasteiger partial charge in [0.1, 0.15) is 11.4 Å². The van der Waals surface area contributed by atoms with Crippen LogP contribution in [0.25, 0.3) is 28.1 Å². The van der Waals surface area contributed by atoms with Crippen molar-refractivity contribution < 1.29 is 18.5 Å². The van der Waals surface area contributed by atoms with Gasteiger partial charge in [-0.3, -0.25) is 28.1 Å². The van der Waals surface area contributed by atoms with E-state index in [4.69, 9.17) is 15.9 Å². The van der Waals surface area contributed by atoms with Gasteiger partial charge in [-0.2, -0.15) is 4.98 Å². The van der Waals surface area contributed by atoms with E-state index in [0.29, 0.717) is 40.9 Å². The Hall–Kier alpha value is -6.19. The van der Waals surface area contributed by atoms with E-state index >= 15 is 0 Å². The lowest BCUT2D eigenvalue weighted by Crippen LogP contribution is -2.30. The van der Waals surface area contributed by atoms with Gasteiger partial charge in [-0.1, -0.05) is 23.4 Å². The second-order valence-corrected chi connectivity index (χ2v) is 10.4. The Bertz CT molecular complexity index is 2250. The summed E-state index contributed by atoms with van der Waals surface area (Å²) in [5.41, 5.74) is 16.4. The van der Waals surface area contributed by atoms with Crippen LogP contribution in [0.4, 0.5) is 11.8 Å². The van der Waals surface area contributed by atoms with Crippen molar-refractivity contribution in [3.8, 4) is 11.4 Å². The number of carbonyl (C=O) groups excluding carboxylic acids is 2. The molecule has 7 N–H and O–H groups in total. The number of oxazole rings is 1. The third kappa shape index (κ3) is 4.44. The molecule has 16 nitrogen and oxygen atoms in total. The molecular weight excluding hydrogens is 572 g/mol. The summed E-state index contributed by atoms with van der Waals surface area (Å²) in [5.74, 6) is -1.99. The zero-order valence-electron chi connectivity index (χ0n) is 23.1. The van der Waals surface area contributed by atoms with Crippen molar-refractivity contribution in [1.29, 1.82) is 0 Å². The molecular formula is C28H24N10O6. The lowest BCUT2D eigenvalue weighted by molar-refractivity contribution is 0.0930. The largest absolute Gasteiger partial charge is 0.439 e. The highest BCUT2D eigenvalue weighted by Gasteiger charge is 2.28. The van der Waals surface area contributed by atoms with Gasteiger partial charge >= 0.3 is 11.5 Å². The van der Waals surface area contributed by atoms with Crippen LogP contribution in [0.3, 0.4) is 0 Å². The topological polar surface area (TPSA) is 234 Å². The summed E-state index contributed by atoms with van der Waals surface area (Å²) in [6.07, 6.45) is 1.30. The monoisotopic (exact) mass is 596 g/mol. The molecule has 222 valence electrons. The number of hydrogen-bond donors (Lipinski definition) is 5. The van der Waals surface area contributed by atoms with E-state index in [1.807, 2.05) is 12.1 Å². The lowest BCUT2D eigenvalue weighted by atomic mass is 10.0. The molecule has 2 amide bonds. The number of hydrogen-bond acceptors (Lipinski definition) is 11. The number of aromatic nitrogens is 6. The standard InChI is InChI=1S/C28H24N10O6/c1-37-18-8-12(2-7-20(18)43-28(37)42)11-31-24(39)17-10-19(38-23(32-17)21(29)34-26(38)30)25(40)33-16-6-4-13-9-14(3-5-15(13)16)22-35-27(41)44-36-22/h2-3,5,7-10,16H,4,6,11,29H2,1H3,(H2,30,34)(H,31,39)(H,33,40)(H,35,36,41)/t16-/m0/s1. The Morgan fingerprint density at radius 1 is 1.09 bits per heavy atom. The van der Waals surface area contributed by atoms with Gasteiger partial charge < -0.3 is 26.5 Å². The summed E-state index contributed by atoms with van der Waals surface area (Å²) >= 11 is 0. The number of anilines is 2. The first-order valence-electron chi connectivity index (χ1n) is 13.5. The SMILES string of the molecule is Cn1c(=O)oc2ccc(CNC(=O)c3cc(C(=O)N[C@H]4CCc5cc(-c6noc(=O)[nH]6)ccc54)n4c(N)nc(N)c4n3)cc21. The number of nitrogens with one attached hydrogen (secondary N) is 3. The zero-order chi connectivity index (χ0) is 30.7. The molecule has 4 aromatic heterocycles. The van der Waals surface area contributed by atoms with E-state index in [0.717, 1.165) is 11.1 Å². The van der Waals surface area contributed by atoms with Crippen molar-refractivity contribution in [3.63, 3.8) is 0 Å². The molecule has 0 saturated carbocycles. The fourth-order valence-electron chi connectivity index (χ4n) is 5.47. The van der Waals surface area contributed by atoms with Gasteiger partial charge in [0, 0.05) is 19.2 Å². The Labute approximate surface area is 245 Å². The third-order valence-electron chi connectivity index (χ3n) is 7.66. The molecule has 0 radical (unpaired) electrons. The van der Waals surface area contributed by atoms with Crippen molar-refractivity contribution in [3.05, 3.63) is 91.6 Å². The van der Waals surface area contributed by atoms with Gasteiger partial charge in [0.05, 0.1) is 11.6 Å². The highest BCUT2D eigenvalue weighted by molar-refractivity contribution is 5.99. The maximum atomic E-state index is 13.7. The highest BCUT2D eigenvalue weighted by atomic mass is 16.5. The molecule has 0 unspecified atom stereocenters. The Morgan fingerprint density at radius 3 is 2.73 bits per heavy atom. The molecule has 7 rings (SSSR count). The minimum atomic E-state index is -0.648. The average molecular weight is 597 g/mol. The molecule has 2 aromatic carbocycles. The number of aryl methyl sites for hydroxylation is 2. The van der Waals surface area contributed by atoms with Crippen LogP contribution in [0.15, 0.2) is 61.0 Å². The fraction of sp³-hybridized carbons (Fsp3) is 0.179. The predicted molar refractivity (Wildman–Crippen MR) is 156 cm³/mol. The third-order valence-corrected chi connectivity index (χ3v) is 7.66. The van der Waals surface area contributed by atoms with E-state index < -0.39 is 23.3 Å². The highest BCUT2D eigenvalue weighted by Crippen LogP contribution is 2.34. The van der Waals surface area contributed by atoms with Crippen molar-refractivity contribution >= 4 is 40.3 Å². The van der Waals surface area contributed by atoms with Crippen LogP contribution in [0.1, 0.15) is 50.1 Å². The van der Waals surface area contributed by atoms with E-state index in [1.165, 1.54) is 15.0 Å². The minimum Gasteiger partial charge on any atom is -0.408 e. The minimum absolute atomic E-state index is 0.0295. The molecule has 4 heterocycles. The Balaban J connectivity index is 1.15. The summed E-state index contributed by atoms with van der Waals surface area (Å²) in [7, 11) is 1.59. The van der Waals surface area contributed by atoms with E-state index in [9.17, 15) is 19.2 Å². The molecule has 0 fully saturated rings. The van der Waals surface area contributed by atoms with Gasteiger partial charge in [-0.25, -0.2) is 14.6 Å². The van der Waals surface area contributed by atoms with Crippen LogP contribution in [-0.2, 0) is 20.0 Å². The van der Waals surface area contributed by atoms with Gasteiger partial charge in [0.15, 0.2) is 22.9 Å². The number of nitrogen functional groups attached to an aromatic ring is 2. The Kier molecular flexibility index (Phi) is 6.05. The summed E-state index contributed by atoms with van der Waals surface area (Å²) in [6, 6.07) is 11.6. The smallest absolute Gasteiger partial charge is 0.408 e. The molecule has 1 atom stereocenters. The molecule has 0 spiro atoms. The summed E-state index contributed by atoms with van der Waals surface area (Å²) in [6.45, 7) is 0.114. The second-order valence-electron chi connectivity index (χ2n) is 10.4. The van der Waals surface area contributed by atoms with E-state index in [1.54, 1.807) is 31.3 Å². The zero-order valence-corrected chi connectivity index (χ0v) is 23.1. The summed E-state index contributed by atoms with van der Waals surface area (Å²) in [5, 5.41) is 9.53. The number of rotatable bonds is 6. The molecule has 0 bridgehead atoms. The number of imidazole rings is 1. The predicted octanol–water partition coefficient (Wildman–Crippen LogP) is 1.03. The molecule has 0 saturated heterocycles. The average Bonchev–Trinajstić information content (AvgIpc) is 3.77. The van der Waals surface area contributed by atoms with Crippen molar-refractivity contribution in [2.45, 2.75) is 25.4 Å². The molecule has 1 aliphatic rings. The first kappa shape index (κ1) is 26.7. The van der Waals surface area contributed by atoms with Crippen molar-refractivity contribution in [1.82, 2.24) is 39.7 Å². The normalized spacial score (nSPS) is 14.2. The molecule has 6 aromatic rings. The first-order chi connectivity index (χ1) is 21.2. The quantitative estimate of drug-likeness (QED) is 0.182. The number of amides is 2. The number of nitrogens with two attached hydrogens (primary N) is 2. The second kappa shape index (κ2) is 9.97. The van der Waals surface area contributed by atoms with Crippen LogP contribution in [0.2, 0.25) is 0 Å². The van der Waals surface area contributed by atoms with E-state index in [2.05, 4.69) is 35.3 Å². The number of benzene rings is 2. The number of fused-ring (bicyclic) bond motifs is 3. The van der Waals surface area contributed by atoms with Crippen LogP contribution in [-0.4, -0.2) is 40.9 Å². The van der Waals surface area contributed by atoms with Gasteiger partial charge in [-0.15, -0.1) is 0 Å². The van der Waals surface area contributed by atoms with Crippen molar-refractivity contribution in [2.24, 2.45) is 7.05 Å². The van der Waals surface area contributed by atoms with Crippen LogP contribution < -0.4 is 33.6 Å². The molecule has 1 aliphatic carbocycles. The number of carbonyl (C=O) groups is 2. The number of aromatic amines is 1. The van der Waals surface area contributed by atoms with Gasteiger partial charge in [0.25, 0.3) is 11.8 Å². The maximum absolute atomic E-state index is 13.7. The van der Waals surface area contributed by atoms with Gasteiger partial charge in [-0.05, 0) is 53.8 Å². The van der Waals surface area contributed by atoms with Crippen LogP contribution in [0, 0.1) is 0 Å². The fourth-order valence-corrected chi connectivity index (χ4v) is 5.47. The van der Waals surface area contributed by atoms with Gasteiger partial charge in [0.2, 0.25) is 5.95 Å². The summed E-state index contributed by atoms with van der Waals surface area (Å²) in [4.78, 5) is 61.0. The number of H-pyrrole nitrogens is 1. The Morgan fingerprint density at radius 2 is 1.93 bits per heavy atom. The molecule has 44 heavy (non-hydrogen) atoms. The molecule has 16 heteroatoms. The van der Waals surface area contributed by atoms with Crippen LogP contribution in [0.5, 0.6) is 0 Å². The number of nitrogens with zero attached hydrogens (tertiary/aromatic N) is 5. The lowest BCUT2D eigenvalue weighted by Gasteiger charge is -2.16. The maximum Gasteiger partial charge on any atom is 0.439 e. The van der Waals surface area contributed by atoms with Crippen molar-refractivity contribution in [2.75, 3.05) is 11.5 Å². The van der Waals surface area contributed by atoms with Crippen LogP contribution >= 0.6 is 0 Å². The first-order valence-corrected chi connectivity index (χ1v) is 13.5. The van der Waals surface area contributed by atoms with E-state index in [-0.39, 0.29) is 41.4 Å².